The highest BCUT2D eigenvalue weighted by Gasteiger charge is 2.14. The predicted molar refractivity (Wildman–Crippen MR) is 41.2 cm³/mol. The average molecular weight is 186 g/mol. The summed E-state index contributed by atoms with van der Waals surface area (Å²) in [4.78, 5) is 10.9. The molecular formula is C7H10N2O4. The van der Waals surface area contributed by atoms with Crippen LogP contribution in [0.5, 0.6) is 0 Å². The van der Waals surface area contributed by atoms with E-state index in [-0.39, 0.29) is 5.89 Å². The van der Waals surface area contributed by atoms with Crippen molar-refractivity contribution in [2.24, 2.45) is 0 Å². The van der Waals surface area contributed by atoms with Crippen LogP contribution in [0, 0.1) is 0 Å². The molecule has 72 valence electrons. The number of carbonyl (C=O) groups is 1. The molecule has 0 N–H and O–H groups in total. The van der Waals surface area contributed by atoms with E-state index in [0.29, 0.717) is 18.9 Å². The van der Waals surface area contributed by atoms with Gasteiger partial charge in [-0.2, -0.15) is 0 Å². The summed E-state index contributed by atoms with van der Waals surface area (Å²) in [5, 5.41) is 7.12. The first-order chi connectivity index (χ1) is 6.27. The monoisotopic (exact) mass is 186 g/mol. The van der Waals surface area contributed by atoms with Crippen molar-refractivity contribution < 1.29 is 18.7 Å². The number of aromatic nitrogens is 2. The van der Waals surface area contributed by atoms with Crippen LogP contribution < -0.4 is 0 Å². The van der Waals surface area contributed by atoms with Crippen LogP contribution in [0.4, 0.5) is 0 Å². The van der Waals surface area contributed by atoms with E-state index in [1.165, 1.54) is 7.11 Å². The molecule has 1 aromatic heterocycles. The molecule has 0 saturated carbocycles. The van der Waals surface area contributed by atoms with Gasteiger partial charge in [0.1, 0.15) is 0 Å². The van der Waals surface area contributed by atoms with Crippen LogP contribution in [0.1, 0.15) is 16.6 Å². The van der Waals surface area contributed by atoms with Crippen LogP contribution >= 0.6 is 0 Å². The fourth-order valence-corrected chi connectivity index (χ4v) is 0.714. The molecule has 0 unspecified atom stereocenters. The Morgan fingerprint density at radius 2 is 2.23 bits per heavy atom. The Morgan fingerprint density at radius 1 is 1.46 bits per heavy atom. The van der Waals surface area contributed by atoms with Gasteiger partial charge in [0.15, 0.2) is 0 Å². The van der Waals surface area contributed by atoms with Gasteiger partial charge in [0.25, 0.3) is 0 Å². The van der Waals surface area contributed by atoms with Crippen molar-refractivity contribution in [2.45, 2.75) is 6.42 Å². The number of hydrogen-bond donors (Lipinski definition) is 0. The van der Waals surface area contributed by atoms with E-state index in [0.717, 1.165) is 0 Å². The molecule has 0 bridgehead atoms. The minimum Gasteiger partial charge on any atom is -0.462 e. The first-order valence-electron chi connectivity index (χ1n) is 3.67. The summed E-state index contributed by atoms with van der Waals surface area (Å²) in [5.74, 6) is -0.396. The second-order valence-corrected chi connectivity index (χ2v) is 2.24. The van der Waals surface area contributed by atoms with Crippen molar-refractivity contribution in [3.63, 3.8) is 0 Å². The van der Waals surface area contributed by atoms with Gasteiger partial charge in [-0.3, -0.25) is 0 Å². The van der Waals surface area contributed by atoms with Gasteiger partial charge in [-0.1, -0.05) is 0 Å². The summed E-state index contributed by atoms with van der Waals surface area (Å²) in [7, 11) is 2.82. The van der Waals surface area contributed by atoms with E-state index >= 15 is 0 Å². The van der Waals surface area contributed by atoms with Crippen molar-refractivity contribution >= 4 is 5.97 Å². The van der Waals surface area contributed by atoms with Crippen LogP contribution in [0.3, 0.4) is 0 Å². The third kappa shape index (κ3) is 2.51. The second-order valence-electron chi connectivity index (χ2n) is 2.24. The molecule has 0 aliphatic carbocycles. The lowest BCUT2D eigenvalue weighted by atomic mass is 10.5. The van der Waals surface area contributed by atoms with E-state index in [9.17, 15) is 4.79 Å². The fourth-order valence-electron chi connectivity index (χ4n) is 0.714. The van der Waals surface area contributed by atoms with Crippen molar-refractivity contribution in [2.75, 3.05) is 20.8 Å². The smallest absolute Gasteiger partial charge is 0.396 e. The zero-order valence-corrected chi connectivity index (χ0v) is 7.44. The molecule has 0 atom stereocenters. The lowest BCUT2D eigenvalue weighted by Gasteiger charge is -1.92. The van der Waals surface area contributed by atoms with E-state index in [2.05, 4.69) is 14.9 Å². The van der Waals surface area contributed by atoms with Crippen LogP contribution in [-0.4, -0.2) is 37.0 Å². The average Bonchev–Trinajstić information content (AvgIpc) is 2.62. The van der Waals surface area contributed by atoms with E-state index in [1.807, 2.05) is 0 Å². The number of hydrogen-bond acceptors (Lipinski definition) is 6. The molecule has 0 aliphatic heterocycles. The van der Waals surface area contributed by atoms with Gasteiger partial charge in [0, 0.05) is 13.5 Å². The highest BCUT2D eigenvalue weighted by atomic mass is 16.5. The number of rotatable bonds is 4. The van der Waals surface area contributed by atoms with E-state index in [4.69, 9.17) is 9.15 Å². The summed E-state index contributed by atoms with van der Waals surface area (Å²) in [6.07, 6.45) is 0.487. The first-order valence-corrected chi connectivity index (χ1v) is 3.67. The normalized spacial score (nSPS) is 10.0. The summed E-state index contributed by atoms with van der Waals surface area (Å²) < 4.78 is 14.1. The fraction of sp³-hybridized carbons (Fsp3) is 0.571. The number of esters is 1. The van der Waals surface area contributed by atoms with Crippen molar-refractivity contribution in [3.8, 4) is 0 Å². The Kier molecular flexibility index (Phi) is 3.39. The van der Waals surface area contributed by atoms with E-state index < -0.39 is 5.97 Å². The maximum atomic E-state index is 10.9. The number of ether oxygens (including phenoxy) is 2. The SMILES string of the molecule is COCCc1nnc(C(=O)OC)o1. The highest BCUT2D eigenvalue weighted by Crippen LogP contribution is 2.01. The summed E-state index contributed by atoms with van der Waals surface area (Å²) in [6, 6.07) is 0. The largest absolute Gasteiger partial charge is 0.462 e. The van der Waals surface area contributed by atoms with Crippen LogP contribution in [-0.2, 0) is 15.9 Å². The van der Waals surface area contributed by atoms with Crippen LogP contribution in [0.15, 0.2) is 4.42 Å². The van der Waals surface area contributed by atoms with Gasteiger partial charge >= 0.3 is 11.9 Å². The van der Waals surface area contributed by atoms with E-state index in [1.54, 1.807) is 7.11 Å². The first kappa shape index (κ1) is 9.66. The molecule has 0 fully saturated rings. The summed E-state index contributed by atoms with van der Waals surface area (Å²) in [6.45, 7) is 0.475. The van der Waals surface area contributed by atoms with Crippen molar-refractivity contribution in [1.82, 2.24) is 10.2 Å². The molecule has 1 aromatic rings. The van der Waals surface area contributed by atoms with Crippen molar-refractivity contribution in [1.29, 1.82) is 0 Å². The molecule has 1 rings (SSSR count). The lowest BCUT2D eigenvalue weighted by molar-refractivity contribution is 0.0553. The number of carbonyl (C=O) groups excluding carboxylic acids is 1. The van der Waals surface area contributed by atoms with Gasteiger partial charge in [-0.15, -0.1) is 10.2 Å². The summed E-state index contributed by atoms with van der Waals surface area (Å²) >= 11 is 0. The Bertz CT molecular complexity index is 284. The Morgan fingerprint density at radius 3 is 2.85 bits per heavy atom. The maximum Gasteiger partial charge on any atom is 0.396 e. The molecule has 1 heterocycles. The highest BCUT2D eigenvalue weighted by molar-refractivity contribution is 5.83. The maximum absolute atomic E-state index is 10.9. The minimum absolute atomic E-state index is 0.131. The minimum atomic E-state index is -0.629. The van der Waals surface area contributed by atoms with Gasteiger partial charge in [0.05, 0.1) is 13.7 Å². The molecule has 0 radical (unpaired) electrons. The lowest BCUT2D eigenvalue weighted by Crippen LogP contribution is -2.00. The molecule has 6 nitrogen and oxygen atoms in total. The Balaban J connectivity index is 2.58. The number of methoxy groups -OCH3 is 2. The van der Waals surface area contributed by atoms with Crippen LogP contribution in [0.25, 0.3) is 0 Å². The van der Waals surface area contributed by atoms with Gasteiger partial charge < -0.3 is 13.9 Å². The second kappa shape index (κ2) is 4.56. The topological polar surface area (TPSA) is 74.5 Å². The van der Waals surface area contributed by atoms with Crippen molar-refractivity contribution in [3.05, 3.63) is 11.8 Å². The standard InChI is InChI=1S/C7H10N2O4/c1-11-4-3-5-8-9-6(13-5)7(10)12-2/h3-4H2,1-2H3. The number of nitrogens with zero attached hydrogens (tertiary/aromatic N) is 2. The Labute approximate surface area is 74.8 Å². The Hall–Kier alpha value is -1.43. The summed E-state index contributed by atoms with van der Waals surface area (Å²) in [5.41, 5.74) is 0. The molecule has 0 spiro atoms. The molecular weight excluding hydrogens is 176 g/mol. The molecule has 13 heavy (non-hydrogen) atoms. The molecule has 0 saturated heterocycles. The quantitative estimate of drug-likeness (QED) is 0.618. The molecule has 0 aliphatic rings. The zero-order valence-electron chi connectivity index (χ0n) is 7.44. The molecule has 6 heteroatoms. The molecule has 0 amide bonds. The zero-order chi connectivity index (χ0) is 9.68. The molecule has 0 aromatic carbocycles. The third-order valence-electron chi connectivity index (χ3n) is 1.35. The van der Waals surface area contributed by atoms with Gasteiger partial charge in [-0.25, -0.2) is 4.79 Å². The van der Waals surface area contributed by atoms with Crippen LogP contribution in [0.2, 0.25) is 0 Å². The predicted octanol–water partition coefficient (Wildman–Crippen LogP) is 0.0451. The third-order valence-corrected chi connectivity index (χ3v) is 1.35. The van der Waals surface area contributed by atoms with Gasteiger partial charge in [0.2, 0.25) is 5.89 Å². The van der Waals surface area contributed by atoms with Gasteiger partial charge in [-0.05, 0) is 0 Å².